The van der Waals surface area contributed by atoms with Crippen molar-refractivity contribution in [3.05, 3.63) is 54.4 Å². The van der Waals surface area contributed by atoms with Crippen LogP contribution in [0.4, 0.5) is 4.79 Å². The van der Waals surface area contributed by atoms with Crippen LogP contribution in [0.5, 0.6) is 0 Å². The Morgan fingerprint density at radius 1 is 1.26 bits per heavy atom. The summed E-state index contributed by atoms with van der Waals surface area (Å²) in [7, 11) is 0. The summed E-state index contributed by atoms with van der Waals surface area (Å²) in [5.74, 6) is 0.0825. The first-order chi connectivity index (χ1) is 13.1. The van der Waals surface area contributed by atoms with E-state index >= 15 is 0 Å². The molecule has 3 rings (SSSR count). The highest BCUT2D eigenvalue weighted by Gasteiger charge is 2.40. The van der Waals surface area contributed by atoms with Gasteiger partial charge in [0.1, 0.15) is 0 Å². The maximum Gasteiger partial charge on any atom is 0.404 e. The van der Waals surface area contributed by atoms with E-state index in [0.29, 0.717) is 19.4 Å². The number of aromatic nitrogens is 1. The van der Waals surface area contributed by atoms with Crippen molar-refractivity contribution in [2.24, 2.45) is 5.92 Å². The maximum absolute atomic E-state index is 11.9. The first kappa shape index (κ1) is 19.3. The summed E-state index contributed by atoms with van der Waals surface area (Å²) in [5.41, 5.74) is 1.90. The van der Waals surface area contributed by atoms with E-state index < -0.39 is 11.7 Å². The molecule has 1 aromatic carbocycles. The lowest BCUT2D eigenvalue weighted by molar-refractivity contribution is -0.0415. The predicted octanol–water partition coefficient (Wildman–Crippen LogP) is 2.98. The molecule has 144 valence electrons. The molecule has 1 saturated heterocycles. The summed E-state index contributed by atoms with van der Waals surface area (Å²) in [4.78, 5) is 14.8. The number of hydrogen-bond acceptors (Lipinski definition) is 4. The normalized spacial score (nSPS) is 19.2. The Morgan fingerprint density at radius 3 is 2.74 bits per heavy atom. The van der Waals surface area contributed by atoms with Gasteiger partial charge < -0.3 is 20.8 Å². The molecule has 27 heavy (non-hydrogen) atoms. The lowest BCUT2D eigenvalue weighted by Crippen LogP contribution is -2.45. The molecule has 4 N–H and O–H groups in total. The van der Waals surface area contributed by atoms with Crippen LogP contribution in [0, 0.1) is 5.92 Å². The third-order valence-electron chi connectivity index (χ3n) is 5.37. The lowest BCUT2D eigenvalue weighted by atomic mass is 9.72. The molecule has 2 heterocycles. The number of piperidine rings is 1. The third-order valence-corrected chi connectivity index (χ3v) is 5.37. The highest BCUT2D eigenvalue weighted by molar-refractivity contribution is 5.68. The summed E-state index contributed by atoms with van der Waals surface area (Å²) in [6.07, 6.45) is 5.52. The fourth-order valence-electron chi connectivity index (χ4n) is 4.02. The minimum atomic E-state index is -1.03. The first-order valence-corrected chi connectivity index (χ1v) is 9.51. The number of carbonyl (C=O) groups is 1. The van der Waals surface area contributed by atoms with Crippen molar-refractivity contribution < 1.29 is 15.0 Å². The van der Waals surface area contributed by atoms with Crippen LogP contribution >= 0.6 is 0 Å². The third kappa shape index (κ3) is 4.64. The van der Waals surface area contributed by atoms with Gasteiger partial charge in [-0.1, -0.05) is 24.3 Å². The minimum absolute atomic E-state index is 0.0825. The summed E-state index contributed by atoms with van der Waals surface area (Å²) in [6.45, 7) is 2.06. The largest absolute Gasteiger partial charge is 0.465 e. The zero-order valence-electron chi connectivity index (χ0n) is 15.4. The number of carboxylic acid groups (broad SMARTS) is 1. The molecule has 2 atom stereocenters. The Hall–Kier alpha value is -2.44. The molecular formula is C21H27N3O3. The average Bonchev–Trinajstić information content (AvgIpc) is 2.72. The second-order valence-electron chi connectivity index (χ2n) is 7.08. The fourth-order valence-corrected chi connectivity index (χ4v) is 4.02. The Morgan fingerprint density at radius 2 is 2.04 bits per heavy atom. The first-order valence-electron chi connectivity index (χ1n) is 9.51. The molecule has 1 amide bonds. The standard InChI is InChI=1S/C21H27N3O3/c25-20(26)24-12-4-10-21(27,17-5-3-11-23-15-17)19-7-2-1-6-18(19)16-8-13-22-14-9-16/h1-2,6-9,13-14,17,23-24,27H,3-5,10-12,15H2,(H,25,26)/t17-,21+/m1/s1. The van der Waals surface area contributed by atoms with Crippen LogP contribution in [-0.2, 0) is 5.60 Å². The molecule has 2 aromatic rings. The molecule has 1 aliphatic heterocycles. The van der Waals surface area contributed by atoms with Crippen molar-refractivity contribution in [3.63, 3.8) is 0 Å². The van der Waals surface area contributed by atoms with E-state index in [9.17, 15) is 9.90 Å². The van der Waals surface area contributed by atoms with E-state index in [0.717, 1.165) is 42.6 Å². The second kappa shape index (κ2) is 8.97. The van der Waals surface area contributed by atoms with Crippen molar-refractivity contribution in [1.82, 2.24) is 15.6 Å². The zero-order chi connectivity index (χ0) is 19.1. The van der Waals surface area contributed by atoms with Crippen LogP contribution in [0.2, 0.25) is 0 Å². The van der Waals surface area contributed by atoms with Gasteiger partial charge in [-0.05, 0) is 61.1 Å². The van der Waals surface area contributed by atoms with Crippen LogP contribution in [-0.4, -0.2) is 40.9 Å². The van der Waals surface area contributed by atoms with Crippen molar-refractivity contribution in [3.8, 4) is 11.1 Å². The zero-order valence-corrected chi connectivity index (χ0v) is 15.4. The van der Waals surface area contributed by atoms with Crippen LogP contribution in [0.1, 0.15) is 31.2 Å². The molecule has 0 unspecified atom stereocenters. The van der Waals surface area contributed by atoms with Crippen molar-refractivity contribution in [2.45, 2.75) is 31.3 Å². The van der Waals surface area contributed by atoms with Gasteiger partial charge in [0.25, 0.3) is 0 Å². The van der Waals surface area contributed by atoms with E-state index in [4.69, 9.17) is 5.11 Å². The molecule has 1 fully saturated rings. The molecule has 1 aromatic heterocycles. The molecule has 0 radical (unpaired) electrons. The quantitative estimate of drug-likeness (QED) is 0.563. The average molecular weight is 369 g/mol. The van der Waals surface area contributed by atoms with Crippen LogP contribution < -0.4 is 10.6 Å². The highest BCUT2D eigenvalue weighted by atomic mass is 16.4. The molecule has 6 heteroatoms. The molecule has 0 bridgehead atoms. The van der Waals surface area contributed by atoms with Gasteiger partial charge in [0.2, 0.25) is 0 Å². The van der Waals surface area contributed by atoms with Gasteiger partial charge in [0.15, 0.2) is 0 Å². The molecular weight excluding hydrogens is 342 g/mol. The van der Waals surface area contributed by atoms with Crippen LogP contribution in [0.25, 0.3) is 11.1 Å². The van der Waals surface area contributed by atoms with E-state index in [1.165, 1.54) is 0 Å². The van der Waals surface area contributed by atoms with Crippen molar-refractivity contribution in [1.29, 1.82) is 0 Å². The van der Waals surface area contributed by atoms with Crippen molar-refractivity contribution >= 4 is 6.09 Å². The van der Waals surface area contributed by atoms with Gasteiger partial charge in [-0.15, -0.1) is 0 Å². The van der Waals surface area contributed by atoms with Crippen LogP contribution in [0.15, 0.2) is 48.8 Å². The molecule has 0 spiro atoms. The van der Waals surface area contributed by atoms with E-state index in [2.05, 4.69) is 15.6 Å². The number of amides is 1. The molecule has 0 saturated carbocycles. The predicted molar refractivity (Wildman–Crippen MR) is 104 cm³/mol. The topological polar surface area (TPSA) is 94.5 Å². The number of benzene rings is 1. The number of nitrogens with zero attached hydrogens (tertiary/aromatic N) is 1. The number of rotatable bonds is 7. The monoisotopic (exact) mass is 369 g/mol. The molecule has 6 nitrogen and oxygen atoms in total. The van der Waals surface area contributed by atoms with Gasteiger partial charge in [-0.25, -0.2) is 4.79 Å². The fraction of sp³-hybridized carbons (Fsp3) is 0.429. The highest BCUT2D eigenvalue weighted by Crippen LogP contribution is 2.42. The molecule has 0 aliphatic carbocycles. The van der Waals surface area contributed by atoms with E-state index in [1.807, 2.05) is 36.4 Å². The number of pyridine rings is 1. The Kier molecular flexibility index (Phi) is 6.42. The smallest absolute Gasteiger partial charge is 0.404 e. The summed E-state index contributed by atoms with van der Waals surface area (Å²) in [5, 5.41) is 26.5. The van der Waals surface area contributed by atoms with Gasteiger partial charge in [-0.2, -0.15) is 0 Å². The molecule has 1 aliphatic rings. The summed E-state index contributed by atoms with van der Waals surface area (Å²) >= 11 is 0. The van der Waals surface area contributed by atoms with Crippen LogP contribution in [0.3, 0.4) is 0 Å². The Labute approximate surface area is 159 Å². The van der Waals surface area contributed by atoms with Gasteiger partial charge >= 0.3 is 6.09 Å². The van der Waals surface area contributed by atoms with E-state index in [1.54, 1.807) is 12.4 Å². The van der Waals surface area contributed by atoms with Gasteiger partial charge in [0, 0.05) is 31.4 Å². The Balaban J connectivity index is 1.94. The van der Waals surface area contributed by atoms with Gasteiger partial charge in [-0.3, -0.25) is 4.98 Å². The minimum Gasteiger partial charge on any atom is -0.465 e. The number of aliphatic hydroxyl groups is 1. The van der Waals surface area contributed by atoms with E-state index in [-0.39, 0.29) is 5.92 Å². The van der Waals surface area contributed by atoms with Crippen molar-refractivity contribution in [2.75, 3.05) is 19.6 Å². The second-order valence-corrected chi connectivity index (χ2v) is 7.08. The number of hydrogen-bond donors (Lipinski definition) is 4. The SMILES string of the molecule is O=C(O)NCCC[C@@](O)(c1ccccc1-c1ccncc1)[C@@H]1CCCNC1. The summed E-state index contributed by atoms with van der Waals surface area (Å²) < 4.78 is 0. The lowest BCUT2D eigenvalue weighted by Gasteiger charge is -2.40. The summed E-state index contributed by atoms with van der Waals surface area (Å²) in [6, 6.07) is 11.9. The number of nitrogens with one attached hydrogen (secondary N) is 2. The Bertz CT molecular complexity index is 747. The van der Waals surface area contributed by atoms with Gasteiger partial charge in [0.05, 0.1) is 5.60 Å². The maximum atomic E-state index is 11.9.